The minimum Gasteiger partial charge on any atom is -0.508 e. The average molecular weight is 1080 g/mol. The predicted molar refractivity (Wildman–Crippen MR) is 313 cm³/mol. The minimum atomic E-state index is -0.984. The molecule has 11 nitrogen and oxygen atoms in total. The van der Waals surface area contributed by atoms with Gasteiger partial charge < -0.3 is 46.3 Å². The van der Waals surface area contributed by atoms with Crippen molar-refractivity contribution in [2.45, 2.75) is 128 Å². The summed E-state index contributed by atoms with van der Waals surface area (Å²) in [5.41, 5.74) is 10.6. The highest BCUT2D eigenvalue weighted by Crippen LogP contribution is 2.77. The molecule has 12 atom stereocenters. The lowest BCUT2D eigenvalue weighted by Gasteiger charge is -2.62. The van der Waals surface area contributed by atoms with E-state index in [9.17, 15) is 10.2 Å². The van der Waals surface area contributed by atoms with Crippen LogP contribution in [0.4, 0.5) is 0 Å². The lowest BCUT2D eigenvalue weighted by molar-refractivity contribution is -0.135. The normalized spacial score (nSPS) is 33.0. The monoisotopic (exact) mass is 1080 g/mol. The fourth-order valence-electron chi connectivity index (χ4n) is 17.4. The number of hydrogen-bond donors (Lipinski definition) is 7. The van der Waals surface area contributed by atoms with Gasteiger partial charge in [0.25, 0.3) is 0 Å². The van der Waals surface area contributed by atoms with Gasteiger partial charge in [0.05, 0.1) is 29.3 Å². The average Bonchev–Trinajstić information content (AvgIpc) is 4.10. The molecule has 0 aromatic heterocycles. The molecule has 2 spiro atoms. The minimum absolute atomic E-state index is 0.0320. The third-order valence-electron chi connectivity index (χ3n) is 21.0. The van der Waals surface area contributed by atoms with Gasteiger partial charge in [-0.25, -0.2) is 9.59 Å². The Balaban J connectivity index is 1.04. The van der Waals surface area contributed by atoms with Crippen molar-refractivity contribution in [2.24, 2.45) is 45.8 Å². The first-order valence-corrected chi connectivity index (χ1v) is 30.3. The van der Waals surface area contributed by atoms with Crippen molar-refractivity contribution >= 4 is 17.5 Å². The largest absolute Gasteiger partial charge is 0.508 e. The molecule has 418 valence electrons. The Kier molecular flexibility index (Phi) is 14.3. The summed E-state index contributed by atoms with van der Waals surface area (Å²) in [4.78, 5) is 31.1. The Morgan fingerprint density at radius 2 is 1.71 bits per heavy atom. The molecule has 0 amide bonds. The molecular weight excluding hydrogens is 995 g/mol. The molecule has 80 heavy (non-hydrogen) atoms. The van der Waals surface area contributed by atoms with Crippen LogP contribution in [0.3, 0.4) is 0 Å². The molecule has 11 heteroatoms. The van der Waals surface area contributed by atoms with Gasteiger partial charge in [0.2, 0.25) is 0 Å². The van der Waals surface area contributed by atoms with Gasteiger partial charge in [-0.1, -0.05) is 91.9 Å². The third kappa shape index (κ3) is 9.10. The Labute approximate surface area is 472 Å². The number of carbonyl (C=O) groups is 2. The maximum atomic E-state index is 15.6. The third-order valence-corrected chi connectivity index (χ3v) is 21.0. The summed E-state index contributed by atoms with van der Waals surface area (Å²) in [6.07, 6.45) is 20.4. The zero-order chi connectivity index (χ0) is 54.9. The van der Waals surface area contributed by atoms with Gasteiger partial charge in [-0.15, -0.1) is 0 Å². The van der Waals surface area contributed by atoms with Crippen LogP contribution in [0.25, 0.3) is 16.7 Å². The Hall–Kier alpha value is -5.92. The van der Waals surface area contributed by atoms with Crippen LogP contribution in [0.15, 0.2) is 144 Å². The number of phenols is 1. The van der Waals surface area contributed by atoms with E-state index in [0.29, 0.717) is 60.4 Å². The molecule has 5 heterocycles. The first-order chi connectivity index (χ1) is 38.9. The molecule has 6 aliphatic carbocycles. The summed E-state index contributed by atoms with van der Waals surface area (Å²) in [5, 5.41) is 41.2. The highest BCUT2D eigenvalue weighted by molar-refractivity contribution is 6.08. The number of hydrogen-bond acceptors (Lipinski definition) is 11. The van der Waals surface area contributed by atoms with Gasteiger partial charge in [-0.2, -0.15) is 0 Å². The second-order valence-electron chi connectivity index (χ2n) is 25.4. The van der Waals surface area contributed by atoms with Crippen molar-refractivity contribution in [3.05, 3.63) is 177 Å². The molecule has 5 aliphatic heterocycles. The number of cyclic esters (lactones) is 1. The number of benzene rings is 4. The second kappa shape index (κ2) is 21.4. The Bertz CT molecular complexity index is 3250. The van der Waals surface area contributed by atoms with Crippen LogP contribution < -0.4 is 26.6 Å². The van der Waals surface area contributed by atoms with E-state index in [1.807, 2.05) is 26.1 Å². The molecule has 15 rings (SSSR count). The molecule has 7 N–H and O–H groups in total. The topological polar surface area (TPSA) is 153 Å². The van der Waals surface area contributed by atoms with E-state index in [2.05, 4.69) is 138 Å². The molecule has 4 aromatic rings. The van der Waals surface area contributed by atoms with Crippen molar-refractivity contribution < 1.29 is 29.3 Å². The van der Waals surface area contributed by atoms with Crippen molar-refractivity contribution in [3.8, 4) is 16.9 Å². The lowest BCUT2D eigenvalue weighted by Crippen LogP contribution is -2.58. The van der Waals surface area contributed by atoms with E-state index in [1.165, 1.54) is 22.3 Å². The Morgan fingerprint density at radius 1 is 0.838 bits per heavy atom. The van der Waals surface area contributed by atoms with E-state index < -0.39 is 22.9 Å². The molecule has 0 unspecified atom stereocenters. The summed E-state index contributed by atoms with van der Waals surface area (Å²) in [7, 11) is 4.07. The number of aromatic hydroxyl groups is 1. The molecule has 2 saturated carbocycles. The van der Waals surface area contributed by atoms with Gasteiger partial charge in [-0.05, 0) is 221 Å². The van der Waals surface area contributed by atoms with Crippen LogP contribution >= 0.6 is 0 Å². The maximum absolute atomic E-state index is 15.6. The van der Waals surface area contributed by atoms with Gasteiger partial charge in [0.15, 0.2) is 0 Å². The highest BCUT2D eigenvalue weighted by Gasteiger charge is 2.73. The second-order valence-corrected chi connectivity index (χ2v) is 25.4. The molecule has 0 radical (unpaired) electrons. The number of esters is 2. The number of rotatable bonds is 11. The summed E-state index contributed by atoms with van der Waals surface area (Å²) >= 11 is 0. The molecule has 2 saturated heterocycles. The number of aliphatic hydroxyl groups excluding tert-OH is 1. The van der Waals surface area contributed by atoms with Crippen LogP contribution in [0.1, 0.15) is 130 Å². The molecule has 14 bridgehead atoms. The summed E-state index contributed by atoms with van der Waals surface area (Å²) in [6.45, 7) is 6.97. The van der Waals surface area contributed by atoms with Crippen LogP contribution in [0, 0.1) is 45.8 Å². The maximum Gasteiger partial charge on any atom is 0.340 e. The van der Waals surface area contributed by atoms with Crippen LogP contribution in [0.2, 0.25) is 0 Å². The molecule has 4 fully saturated rings. The summed E-state index contributed by atoms with van der Waals surface area (Å²) in [6, 6.07) is 32.0. The number of fused-ring (bicyclic) bond motifs is 9. The van der Waals surface area contributed by atoms with E-state index in [-0.39, 0.29) is 53.2 Å². The number of carbonyl (C=O) groups excluding carboxylic acids is 2. The first kappa shape index (κ1) is 53.4. The Morgan fingerprint density at radius 3 is 2.54 bits per heavy atom. The first-order valence-electron chi connectivity index (χ1n) is 30.3. The fourth-order valence-corrected chi connectivity index (χ4v) is 17.4. The van der Waals surface area contributed by atoms with E-state index in [0.717, 1.165) is 117 Å². The van der Waals surface area contributed by atoms with Crippen molar-refractivity contribution in [3.63, 3.8) is 0 Å². The highest BCUT2D eigenvalue weighted by atomic mass is 16.6. The summed E-state index contributed by atoms with van der Waals surface area (Å²) in [5.74, 6) is 1.04. The predicted octanol–water partition coefficient (Wildman–Crippen LogP) is 11.0. The smallest absolute Gasteiger partial charge is 0.340 e. The van der Waals surface area contributed by atoms with Crippen LogP contribution in [0.5, 0.6) is 5.75 Å². The van der Waals surface area contributed by atoms with E-state index in [1.54, 1.807) is 6.07 Å². The van der Waals surface area contributed by atoms with Gasteiger partial charge in [0.1, 0.15) is 17.3 Å². The van der Waals surface area contributed by atoms with Gasteiger partial charge in [-0.3, -0.25) is 0 Å². The SMILES string of the molecule is CC[C@H](/C=C1\OC(=O)C2=C3c4cc(O)ccc4-c4cccc(c4)[C@@H]4/C=C/[C@]56CCC7=C(C(=O)OC7=CC[C@]7([C@@H]8CCN[C@H](NC)C8)CC[C@@H](C7)[C@@H](NC[C@H](C)O)c7cc(cc(CNC)c7)CCN4)[C@@H]5[C@]21CC[C@@H]36)Cc1ccccc1. The van der Waals surface area contributed by atoms with Crippen LogP contribution in [-0.2, 0) is 38.4 Å². The standard InChI is InChI=1S/C69H81N5O6/c1-5-42(30-43-10-7-6-8-11-43)34-58-69-27-18-55-60(62(69)66(78)80-58)54-37-51(76)14-15-52(54)46-12-9-13-47(35-46)56-19-26-68(55)25-17-53-57(79-65(77)61(53)64(68)69)20-24-67(50-22-29-73-59(36-50)71-4)23-16-48(38-67)63(74-39-41(2)75)49-32-44(21-28-72-56)31-45(33-49)40-70-3/h6-15,19-20,26,31-35,37,41-42,48,50,55-56,59,63-64,70-76H,5,16-18,21-25,27-30,36,38-40H2,1-4H3/b26-19+,57-20?,58-34-/t41-,42-,48-,50+,55-,56-,59-,63+,64-,67+,68-,69-/m0/s1. The van der Waals surface area contributed by atoms with Crippen LogP contribution in [-0.4, -0.2) is 68.2 Å². The van der Waals surface area contributed by atoms with Crippen molar-refractivity contribution in [1.82, 2.24) is 26.6 Å². The molecule has 11 aliphatic rings. The number of nitrogens with one attached hydrogen (secondary N) is 5. The van der Waals surface area contributed by atoms with E-state index >= 15 is 9.59 Å². The number of allylic oxidation sites excluding steroid dienone is 6. The van der Waals surface area contributed by atoms with Crippen molar-refractivity contribution in [1.29, 1.82) is 0 Å². The quantitative estimate of drug-likeness (QED) is 0.0568. The summed E-state index contributed by atoms with van der Waals surface area (Å²) < 4.78 is 13.7. The van der Waals surface area contributed by atoms with Crippen molar-refractivity contribution in [2.75, 3.05) is 33.7 Å². The fraction of sp³-hybridized carbons (Fsp3) is 0.478. The number of ether oxygens (including phenoxy) is 2. The molecule has 4 aromatic carbocycles. The number of aliphatic hydroxyl groups is 1. The van der Waals surface area contributed by atoms with Gasteiger partial charge in [0, 0.05) is 48.2 Å². The number of piperidine rings is 1. The zero-order valence-corrected chi connectivity index (χ0v) is 47.2. The van der Waals surface area contributed by atoms with Gasteiger partial charge >= 0.3 is 11.9 Å². The van der Waals surface area contributed by atoms with E-state index in [4.69, 9.17) is 9.47 Å². The zero-order valence-electron chi connectivity index (χ0n) is 47.2. The lowest BCUT2D eigenvalue weighted by atomic mass is 9.38. The number of phenolic OH excluding ortho intramolecular Hbond substituents is 1. The molecular formula is C69H81N5O6.